The van der Waals surface area contributed by atoms with Crippen LogP contribution in [0.2, 0.25) is 0 Å². The molecular weight excluding hydrogens is 288 g/mol. The van der Waals surface area contributed by atoms with Crippen molar-refractivity contribution in [2.75, 3.05) is 13.1 Å². The second-order valence-corrected chi connectivity index (χ2v) is 6.27. The number of rotatable bonds is 3. The molecule has 1 amide bonds. The Morgan fingerprint density at radius 3 is 2.78 bits per heavy atom. The van der Waals surface area contributed by atoms with Crippen LogP contribution in [0.4, 0.5) is 0 Å². The first kappa shape index (κ1) is 14.1. The molecular formula is C19H20N2O2. The first-order chi connectivity index (χ1) is 11.2. The number of amides is 1. The highest BCUT2D eigenvalue weighted by atomic mass is 16.3. The third kappa shape index (κ3) is 2.54. The topological polar surface area (TPSA) is 38.4 Å². The zero-order valence-corrected chi connectivity index (χ0v) is 13.3. The third-order valence-electron chi connectivity index (χ3n) is 4.56. The summed E-state index contributed by atoms with van der Waals surface area (Å²) in [6.45, 7) is 4.48. The highest BCUT2D eigenvalue weighted by Crippen LogP contribution is 2.25. The van der Waals surface area contributed by atoms with Crippen LogP contribution < -0.4 is 0 Å². The fraction of sp³-hybridized carbons (Fsp3) is 0.316. The number of hydrogen-bond donors (Lipinski definition) is 0. The van der Waals surface area contributed by atoms with Crippen molar-refractivity contribution in [2.45, 2.75) is 26.3 Å². The van der Waals surface area contributed by atoms with E-state index in [9.17, 15) is 4.79 Å². The van der Waals surface area contributed by atoms with E-state index in [1.807, 2.05) is 17.0 Å². The van der Waals surface area contributed by atoms with Gasteiger partial charge in [-0.05, 0) is 25.3 Å². The van der Waals surface area contributed by atoms with Crippen LogP contribution in [0, 0.1) is 6.92 Å². The summed E-state index contributed by atoms with van der Waals surface area (Å²) in [7, 11) is 0. The fourth-order valence-electron chi connectivity index (χ4n) is 3.40. The summed E-state index contributed by atoms with van der Waals surface area (Å²) in [6, 6.07) is 12.2. The van der Waals surface area contributed by atoms with Crippen molar-refractivity contribution in [2.24, 2.45) is 0 Å². The smallest absolute Gasteiger partial charge is 0.270 e. The summed E-state index contributed by atoms with van der Waals surface area (Å²) in [5.41, 5.74) is 4.90. The molecule has 2 aromatic heterocycles. The number of aromatic nitrogens is 1. The Labute approximate surface area is 135 Å². The SMILES string of the molecule is Cc1cccc(Cn2c(C(=O)N3CCCC3)cc3occc32)c1. The largest absolute Gasteiger partial charge is 0.463 e. The minimum atomic E-state index is 0.113. The van der Waals surface area contributed by atoms with Crippen molar-refractivity contribution in [3.63, 3.8) is 0 Å². The van der Waals surface area contributed by atoms with Gasteiger partial charge in [-0.3, -0.25) is 4.79 Å². The predicted molar refractivity (Wildman–Crippen MR) is 89.6 cm³/mol. The number of furan rings is 1. The van der Waals surface area contributed by atoms with E-state index in [1.54, 1.807) is 6.26 Å². The lowest BCUT2D eigenvalue weighted by Gasteiger charge is -2.17. The van der Waals surface area contributed by atoms with E-state index in [-0.39, 0.29) is 5.91 Å². The number of aryl methyl sites for hydroxylation is 1. The Morgan fingerprint density at radius 2 is 2.00 bits per heavy atom. The van der Waals surface area contributed by atoms with E-state index in [4.69, 9.17) is 4.42 Å². The van der Waals surface area contributed by atoms with Crippen LogP contribution in [0.15, 0.2) is 47.1 Å². The van der Waals surface area contributed by atoms with Gasteiger partial charge >= 0.3 is 0 Å². The molecule has 0 atom stereocenters. The zero-order chi connectivity index (χ0) is 15.8. The average molecular weight is 308 g/mol. The summed E-state index contributed by atoms with van der Waals surface area (Å²) in [6.07, 6.45) is 3.88. The molecule has 3 aromatic rings. The molecule has 0 saturated carbocycles. The number of carbonyl (C=O) groups excluding carboxylic acids is 1. The summed E-state index contributed by atoms with van der Waals surface area (Å²) < 4.78 is 7.60. The van der Waals surface area contributed by atoms with E-state index < -0.39 is 0 Å². The van der Waals surface area contributed by atoms with E-state index in [0.717, 1.165) is 42.7 Å². The Kier molecular flexibility index (Phi) is 3.45. The maximum absolute atomic E-state index is 12.9. The molecule has 4 nitrogen and oxygen atoms in total. The number of nitrogens with zero attached hydrogens (tertiary/aromatic N) is 2. The molecule has 23 heavy (non-hydrogen) atoms. The summed E-state index contributed by atoms with van der Waals surface area (Å²) in [5.74, 6) is 0.113. The van der Waals surface area contributed by atoms with Crippen molar-refractivity contribution < 1.29 is 9.21 Å². The van der Waals surface area contributed by atoms with Gasteiger partial charge in [-0.15, -0.1) is 0 Å². The first-order valence-corrected chi connectivity index (χ1v) is 8.14. The van der Waals surface area contributed by atoms with Gasteiger partial charge in [0.2, 0.25) is 0 Å². The molecule has 0 N–H and O–H groups in total. The lowest BCUT2D eigenvalue weighted by atomic mass is 10.1. The summed E-state index contributed by atoms with van der Waals surface area (Å²) >= 11 is 0. The molecule has 1 aliphatic rings. The fourth-order valence-corrected chi connectivity index (χ4v) is 3.40. The maximum Gasteiger partial charge on any atom is 0.270 e. The first-order valence-electron chi connectivity index (χ1n) is 8.14. The molecule has 118 valence electrons. The van der Waals surface area contributed by atoms with E-state index in [0.29, 0.717) is 6.54 Å². The molecule has 1 aliphatic heterocycles. The van der Waals surface area contributed by atoms with Crippen LogP contribution in [0.5, 0.6) is 0 Å². The maximum atomic E-state index is 12.9. The van der Waals surface area contributed by atoms with Crippen LogP contribution in [0.1, 0.15) is 34.5 Å². The quantitative estimate of drug-likeness (QED) is 0.737. The van der Waals surface area contributed by atoms with Gasteiger partial charge in [0.25, 0.3) is 5.91 Å². The van der Waals surface area contributed by atoms with Gasteiger partial charge in [0.1, 0.15) is 5.69 Å². The summed E-state index contributed by atoms with van der Waals surface area (Å²) in [4.78, 5) is 14.8. The highest BCUT2D eigenvalue weighted by Gasteiger charge is 2.24. The van der Waals surface area contributed by atoms with Crippen LogP contribution in [0.3, 0.4) is 0 Å². The molecule has 4 heteroatoms. The van der Waals surface area contributed by atoms with Crippen LogP contribution in [-0.4, -0.2) is 28.5 Å². The molecule has 3 heterocycles. The van der Waals surface area contributed by atoms with Gasteiger partial charge in [-0.25, -0.2) is 0 Å². The number of fused-ring (bicyclic) bond motifs is 1. The second kappa shape index (κ2) is 5.61. The van der Waals surface area contributed by atoms with Crippen molar-refractivity contribution in [3.05, 3.63) is 59.5 Å². The molecule has 4 rings (SSSR count). The minimum absolute atomic E-state index is 0.113. The number of benzene rings is 1. The molecule has 0 unspecified atom stereocenters. The molecule has 1 fully saturated rings. The van der Waals surface area contributed by atoms with Crippen LogP contribution >= 0.6 is 0 Å². The number of likely N-dealkylation sites (tertiary alicyclic amines) is 1. The molecule has 0 aliphatic carbocycles. The Bertz CT molecular complexity index is 853. The molecule has 0 bridgehead atoms. The van der Waals surface area contributed by atoms with Gasteiger partial charge in [-0.1, -0.05) is 29.8 Å². The van der Waals surface area contributed by atoms with E-state index >= 15 is 0 Å². The van der Waals surface area contributed by atoms with Crippen molar-refractivity contribution in [1.82, 2.24) is 9.47 Å². The monoisotopic (exact) mass is 308 g/mol. The van der Waals surface area contributed by atoms with Crippen molar-refractivity contribution in [3.8, 4) is 0 Å². The van der Waals surface area contributed by atoms with Gasteiger partial charge in [0.15, 0.2) is 5.58 Å². The standard InChI is InChI=1S/C19H20N2O2/c1-14-5-4-6-15(11-14)13-21-16-7-10-23-18(16)12-17(21)19(22)20-8-2-3-9-20/h4-7,10-12H,2-3,8-9,13H2,1H3. The van der Waals surface area contributed by atoms with Crippen molar-refractivity contribution in [1.29, 1.82) is 0 Å². The lowest BCUT2D eigenvalue weighted by molar-refractivity contribution is 0.0783. The predicted octanol–water partition coefficient (Wildman–Crippen LogP) is 3.83. The Hall–Kier alpha value is -2.49. The second-order valence-electron chi connectivity index (χ2n) is 6.27. The minimum Gasteiger partial charge on any atom is -0.463 e. The average Bonchev–Trinajstić information content (AvgIpc) is 3.25. The molecule has 0 radical (unpaired) electrons. The normalized spacial score (nSPS) is 14.7. The summed E-state index contributed by atoms with van der Waals surface area (Å²) in [5, 5.41) is 0. The van der Waals surface area contributed by atoms with Crippen molar-refractivity contribution >= 4 is 17.0 Å². The third-order valence-corrected chi connectivity index (χ3v) is 4.56. The highest BCUT2D eigenvalue weighted by molar-refractivity contribution is 5.97. The van der Waals surface area contributed by atoms with Crippen LogP contribution in [0.25, 0.3) is 11.1 Å². The van der Waals surface area contributed by atoms with Gasteiger partial charge in [0, 0.05) is 31.8 Å². The zero-order valence-electron chi connectivity index (χ0n) is 13.3. The van der Waals surface area contributed by atoms with Gasteiger partial charge < -0.3 is 13.9 Å². The van der Waals surface area contributed by atoms with E-state index in [1.165, 1.54) is 11.1 Å². The lowest BCUT2D eigenvalue weighted by Crippen LogP contribution is -2.29. The Balaban J connectivity index is 1.75. The van der Waals surface area contributed by atoms with Gasteiger partial charge in [-0.2, -0.15) is 0 Å². The van der Waals surface area contributed by atoms with E-state index in [2.05, 4.69) is 35.8 Å². The Morgan fingerprint density at radius 1 is 1.17 bits per heavy atom. The molecule has 0 spiro atoms. The number of carbonyl (C=O) groups is 1. The van der Waals surface area contributed by atoms with Gasteiger partial charge in [0.05, 0.1) is 11.8 Å². The van der Waals surface area contributed by atoms with Crippen LogP contribution in [-0.2, 0) is 6.54 Å². The number of hydrogen-bond acceptors (Lipinski definition) is 2. The molecule has 1 aromatic carbocycles. The molecule has 1 saturated heterocycles.